The van der Waals surface area contributed by atoms with Gasteiger partial charge >= 0.3 is 0 Å². The smallest absolute Gasteiger partial charge is 0.279 e. The first-order valence-electron chi connectivity index (χ1n) is 7.30. The predicted molar refractivity (Wildman–Crippen MR) is 96.9 cm³/mol. The number of hydrogen-bond acceptors (Lipinski definition) is 6. The third-order valence-electron chi connectivity index (χ3n) is 3.73. The monoisotopic (exact) mass is 391 g/mol. The molecule has 1 amide bonds. The minimum absolute atomic E-state index is 0.0337. The maximum Gasteiger partial charge on any atom is 0.279 e. The van der Waals surface area contributed by atoms with Crippen molar-refractivity contribution >= 4 is 43.0 Å². The lowest BCUT2D eigenvalue weighted by molar-refractivity contribution is -0.384. The highest BCUT2D eigenvalue weighted by Gasteiger charge is 2.12. The van der Waals surface area contributed by atoms with Gasteiger partial charge in [-0.05, 0) is 30.3 Å². The van der Waals surface area contributed by atoms with Crippen LogP contribution in [-0.4, -0.2) is 30.1 Å². The normalized spacial score (nSPS) is 12.5. The van der Waals surface area contributed by atoms with Crippen LogP contribution >= 0.6 is 11.3 Å². The molecular weight excluding hydrogens is 378 g/mol. The van der Waals surface area contributed by atoms with Crippen molar-refractivity contribution in [3.8, 4) is 0 Å². The molecule has 3 rings (SSSR count). The lowest BCUT2D eigenvalue weighted by Gasteiger charge is -1.99. The summed E-state index contributed by atoms with van der Waals surface area (Å²) in [6.07, 6.45) is 1.09. The molecule has 10 heteroatoms. The number of aryl methyl sites for hydroxylation is 1. The van der Waals surface area contributed by atoms with Crippen molar-refractivity contribution in [3.63, 3.8) is 0 Å². The molecule has 0 fully saturated rings. The summed E-state index contributed by atoms with van der Waals surface area (Å²) in [5.74, 6) is -0.526. The van der Waals surface area contributed by atoms with Gasteiger partial charge in [-0.2, -0.15) is 4.99 Å². The summed E-state index contributed by atoms with van der Waals surface area (Å²) in [6.45, 7) is 0. The van der Waals surface area contributed by atoms with Gasteiger partial charge in [0, 0.05) is 31.0 Å². The van der Waals surface area contributed by atoms with Crippen molar-refractivity contribution < 1.29 is 18.1 Å². The first-order chi connectivity index (χ1) is 12.2. The largest absolute Gasteiger partial charge is 0.319 e. The standard InChI is InChI=1S/C16H13N3O5S2/c1-18-13-8-5-11(19(21)22)9-14(13)25-16(18)17-15(20)10-3-6-12(7-4-10)26(2,23)24/h3-9H,1-2H3. The van der Waals surface area contributed by atoms with Crippen molar-refractivity contribution in [3.05, 3.63) is 62.9 Å². The number of benzene rings is 2. The van der Waals surface area contributed by atoms with E-state index < -0.39 is 20.7 Å². The van der Waals surface area contributed by atoms with Crippen molar-refractivity contribution in [1.29, 1.82) is 0 Å². The number of non-ortho nitro benzene ring substituents is 1. The Morgan fingerprint density at radius 1 is 1.19 bits per heavy atom. The fraction of sp³-hybridized carbons (Fsp3) is 0.125. The number of fused-ring (bicyclic) bond motifs is 1. The van der Waals surface area contributed by atoms with Crippen LogP contribution in [0.1, 0.15) is 10.4 Å². The lowest BCUT2D eigenvalue weighted by atomic mass is 10.2. The van der Waals surface area contributed by atoms with Crippen LogP contribution in [0.4, 0.5) is 5.69 Å². The number of hydrogen-bond donors (Lipinski definition) is 0. The van der Waals surface area contributed by atoms with E-state index >= 15 is 0 Å². The van der Waals surface area contributed by atoms with Gasteiger partial charge in [0.2, 0.25) is 0 Å². The molecule has 3 aromatic rings. The fourth-order valence-electron chi connectivity index (χ4n) is 2.34. The van der Waals surface area contributed by atoms with E-state index in [1.807, 2.05) is 0 Å². The molecule has 2 aromatic carbocycles. The number of thiazole rings is 1. The fourth-order valence-corrected chi connectivity index (χ4v) is 4.02. The number of nitro benzene ring substituents is 1. The highest BCUT2D eigenvalue weighted by molar-refractivity contribution is 7.90. The molecule has 0 aliphatic rings. The van der Waals surface area contributed by atoms with Crippen molar-refractivity contribution in [2.45, 2.75) is 4.90 Å². The van der Waals surface area contributed by atoms with E-state index in [4.69, 9.17) is 0 Å². The maximum atomic E-state index is 12.3. The summed E-state index contributed by atoms with van der Waals surface area (Å²) in [4.78, 5) is 27.3. The van der Waals surface area contributed by atoms with E-state index in [1.54, 1.807) is 17.7 Å². The van der Waals surface area contributed by atoms with E-state index in [0.717, 1.165) is 23.1 Å². The lowest BCUT2D eigenvalue weighted by Crippen LogP contribution is -2.13. The Bertz CT molecular complexity index is 1200. The van der Waals surface area contributed by atoms with Gasteiger partial charge in [-0.1, -0.05) is 11.3 Å². The van der Waals surface area contributed by atoms with Gasteiger partial charge in [0.15, 0.2) is 14.6 Å². The van der Waals surface area contributed by atoms with Crippen LogP contribution in [0.2, 0.25) is 0 Å². The number of aromatic nitrogens is 1. The van der Waals surface area contributed by atoms with E-state index in [2.05, 4.69) is 4.99 Å². The molecule has 8 nitrogen and oxygen atoms in total. The topological polar surface area (TPSA) is 112 Å². The molecule has 1 heterocycles. The van der Waals surface area contributed by atoms with Crippen molar-refractivity contribution in [1.82, 2.24) is 4.57 Å². The van der Waals surface area contributed by atoms with Gasteiger partial charge in [-0.15, -0.1) is 0 Å². The van der Waals surface area contributed by atoms with Gasteiger partial charge in [-0.3, -0.25) is 14.9 Å². The SMILES string of the molecule is Cn1c(=NC(=O)c2ccc(S(C)(=O)=O)cc2)sc2cc([N+](=O)[O-])ccc21. The van der Waals surface area contributed by atoms with Crippen LogP contribution in [0.3, 0.4) is 0 Å². The highest BCUT2D eigenvalue weighted by atomic mass is 32.2. The van der Waals surface area contributed by atoms with Crippen LogP contribution in [0.5, 0.6) is 0 Å². The summed E-state index contributed by atoms with van der Waals surface area (Å²) < 4.78 is 25.2. The Balaban J connectivity index is 2.02. The second kappa shape index (κ2) is 6.46. The quantitative estimate of drug-likeness (QED) is 0.502. The summed E-state index contributed by atoms with van der Waals surface area (Å²) in [5.41, 5.74) is 0.939. The van der Waals surface area contributed by atoms with Gasteiger partial charge < -0.3 is 4.57 Å². The van der Waals surface area contributed by atoms with E-state index in [0.29, 0.717) is 9.50 Å². The Kier molecular flexibility index (Phi) is 4.46. The number of rotatable bonds is 3. The number of carbonyl (C=O) groups is 1. The maximum absolute atomic E-state index is 12.3. The zero-order valence-electron chi connectivity index (χ0n) is 13.7. The Morgan fingerprint density at radius 3 is 2.42 bits per heavy atom. The average molecular weight is 391 g/mol. The zero-order valence-corrected chi connectivity index (χ0v) is 15.4. The zero-order chi connectivity index (χ0) is 19.1. The Labute approximate surface area is 152 Å². The minimum atomic E-state index is -3.34. The van der Waals surface area contributed by atoms with Crippen molar-refractivity contribution in [2.75, 3.05) is 6.26 Å². The van der Waals surface area contributed by atoms with Gasteiger partial charge in [0.1, 0.15) is 0 Å². The molecule has 0 aliphatic carbocycles. The van der Waals surface area contributed by atoms with Crippen LogP contribution < -0.4 is 4.80 Å². The third-order valence-corrected chi connectivity index (χ3v) is 5.95. The first-order valence-corrected chi connectivity index (χ1v) is 10.0. The predicted octanol–water partition coefficient (Wildman–Crippen LogP) is 2.29. The molecule has 134 valence electrons. The van der Waals surface area contributed by atoms with Crippen LogP contribution in [0, 0.1) is 10.1 Å². The summed E-state index contributed by atoms with van der Waals surface area (Å²) in [7, 11) is -1.63. The average Bonchev–Trinajstić information content (AvgIpc) is 2.89. The summed E-state index contributed by atoms with van der Waals surface area (Å²) >= 11 is 1.16. The Hall–Kier alpha value is -2.85. The number of carbonyl (C=O) groups excluding carboxylic acids is 1. The molecule has 0 saturated heterocycles. The number of sulfone groups is 1. The number of nitro groups is 1. The van der Waals surface area contributed by atoms with Gasteiger partial charge in [0.05, 0.1) is 20.0 Å². The highest BCUT2D eigenvalue weighted by Crippen LogP contribution is 2.22. The Morgan fingerprint density at radius 2 is 1.85 bits per heavy atom. The second-order valence-electron chi connectivity index (χ2n) is 5.57. The molecule has 0 saturated carbocycles. The molecule has 26 heavy (non-hydrogen) atoms. The second-order valence-corrected chi connectivity index (χ2v) is 8.59. The van der Waals surface area contributed by atoms with Crippen LogP contribution in [-0.2, 0) is 16.9 Å². The number of nitrogens with zero attached hydrogens (tertiary/aromatic N) is 3. The molecule has 0 atom stereocenters. The van der Waals surface area contributed by atoms with E-state index in [1.165, 1.54) is 36.4 Å². The molecule has 0 N–H and O–H groups in total. The molecule has 0 bridgehead atoms. The minimum Gasteiger partial charge on any atom is -0.319 e. The molecule has 0 aliphatic heterocycles. The molecular formula is C16H13N3O5S2. The van der Waals surface area contributed by atoms with E-state index in [9.17, 15) is 23.3 Å². The third kappa shape index (κ3) is 3.41. The molecule has 0 unspecified atom stereocenters. The summed E-state index contributed by atoms with van der Waals surface area (Å²) in [5, 5.41) is 10.9. The number of amides is 1. The summed E-state index contributed by atoms with van der Waals surface area (Å²) in [6, 6.07) is 9.95. The van der Waals surface area contributed by atoms with Crippen molar-refractivity contribution in [2.24, 2.45) is 12.0 Å². The van der Waals surface area contributed by atoms with Gasteiger partial charge in [0.25, 0.3) is 11.6 Å². The molecule has 0 radical (unpaired) electrons. The van der Waals surface area contributed by atoms with Crippen LogP contribution in [0.15, 0.2) is 52.4 Å². The van der Waals surface area contributed by atoms with Crippen LogP contribution in [0.25, 0.3) is 10.2 Å². The first kappa shape index (κ1) is 18.0. The van der Waals surface area contributed by atoms with E-state index in [-0.39, 0.29) is 16.1 Å². The molecule has 1 aromatic heterocycles. The molecule has 0 spiro atoms. The van der Waals surface area contributed by atoms with Gasteiger partial charge in [-0.25, -0.2) is 8.42 Å².